The summed E-state index contributed by atoms with van der Waals surface area (Å²) in [5.41, 5.74) is 0.619. The Morgan fingerprint density at radius 1 is 1.38 bits per heavy atom. The first-order valence-electron chi connectivity index (χ1n) is 4.61. The maximum absolute atomic E-state index is 11.9. The molecule has 0 aliphatic rings. The fourth-order valence-electron chi connectivity index (χ4n) is 1.24. The highest BCUT2D eigenvalue weighted by Crippen LogP contribution is 2.09. The number of aryl methyl sites for hydroxylation is 1. The number of carbonyl (C=O) groups excluding carboxylic acids is 1. The van der Waals surface area contributed by atoms with E-state index in [1.807, 2.05) is 0 Å². The molecular formula is C10H10N4O2. The SMILES string of the molecule is COc1cc(C(=O)c2ccn(C)n2)ncn1. The van der Waals surface area contributed by atoms with E-state index in [2.05, 4.69) is 15.1 Å². The Morgan fingerprint density at radius 3 is 2.81 bits per heavy atom. The molecule has 6 nitrogen and oxygen atoms in total. The van der Waals surface area contributed by atoms with E-state index in [4.69, 9.17) is 4.74 Å². The molecule has 0 fully saturated rings. The van der Waals surface area contributed by atoms with Gasteiger partial charge in [-0.3, -0.25) is 9.48 Å². The molecule has 2 rings (SSSR count). The quantitative estimate of drug-likeness (QED) is 0.699. The Balaban J connectivity index is 2.33. The molecule has 0 unspecified atom stereocenters. The molecule has 0 aromatic carbocycles. The second kappa shape index (κ2) is 4.09. The number of carbonyl (C=O) groups is 1. The molecule has 0 radical (unpaired) electrons. The number of nitrogens with zero attached hydrogens (tertiary/aromatic N) is 4. The molecule has 0 saturated carbocycles. The van der Waals surface area contributed by atoms with Gasteiger partial charge in [-0.1, -0.05) is 0 Å². The van der Waals surface area contributed by atoms with Gasteiger partial charge in [0.1, 0.15) is 17.7 Å². The van der Waals surface area contributed by atoms with Crippen molar-refractivity contribution >= 4 is 5.78 Å². The van der Waals surface area contributed by atoms with Crippen molar-refractivity contribution in [3.63, 3.8) is 0 Å². The zero-order chi connectivity index (χ0) is 11.5. The molecular weight excluding hydrogens is 208 g/mol. The van der Waals surface area contributed by atoms with Gasteiger partial charge >= 0.3 is 0 Å². The van der Waals surface area contributed by atoms with Gasteiger partial charge in [-0.25, -0.2) is 9.97 Å². The van der Waals surface area contributed by atoms with Crippen molar-refractivity contribution in [3.8, 4) is 5.88 Å². The standard InChI is InChI=1S/C10H10N4O2/c1-14-4-3-7(13-14)10(15)8-5-9(16-2)12-6-11-8/h3-6H,1-2H3. The van der Waals surface area contributed by atoms with E-state index in [1.54, 1.807) is 24.0 Å². The molecule has 82 valence electrons. The number of ether oxygens (including phenoxy) is 1. The van der Waals surface area contributed by atoms with Gasteiger partial charge in [0, 0.05) is 19.3 Å². The molecule has 0 amide bonds. The van der Waals surface area contributed by atoms with Gasteiger partial charge in [-0.2, -0.15) is 5.10 Å². The van der Waals surface area contributed by atoms with Crippen molar-refractivity contribution in [1.82, 2.24) is 19.7 Å². The summed E-state index contributed by atoms with van der Waals surface area (Å²) in [5, 5.41) is 4.01. The van der Waals surface area contributed by atoms with Gasteiger partial charge in [0.2, 0.25) is 11.7 Å². The summed E-state index contributed by atoms with van der Waals surface area (Å²) < 4.78 is 6.48. The summed E-state index contributed by atoms with van der Waals surface area (Å²) in [6.07, 6.45) is 2.99. The maximum atomic E-state index is 11.9. The van der Waals surface area contributed by atoms with E-state index < -0.39 is 0 Å². The van der Waals surface area contributed by atoms with Crippen molar-refractivity contribution in [2.75, 3.05) is 7.11 Å². The van der Waals surface area contributed by atoms with E-state index in [-0.39, 0.29) is 11.5 Å². The van der Waals surface area contributed by atoms with Crippen LogP contribution in [0.15, 0.2) is 24.7 Å². The summed E-state index contributed by atoms with van der Waals surface area (Å²) in [6.45, 7) is 0. The van der Waals surface area contributed by atoms with Gasteiger partial charge in [0.15, 0.2) is 0 Å². The molecule has 0 aliphatic carbocycles. The second-order valence-corrected chi connectivity index (χ2v) is 3.15. The minimum atomic E-state index is -0.249. The van der Waals surface area contributed by atoms with Crippen LogP contribution in [-0.4, -0.2) is 32.6 Å². The number of hydrogen-bond acceptors (Lipinski definition) is 5. The highest BCUT2D eigenvalue weighted by atomic mass is 16.5. The largest absolute Gasteiger partial charge is 0.481 e. The Hall–Kier alpha value is -2.24. The molecule has 0 atom stereocenters. The molecule has 2 heterocycles. The van der Waals surface area contributed by atoms with Crippen molar-refractivity contribution in [3.05, 3.63) is 36.0 Å². The number of rotatable bonds is 3. The van der Waals surface area contributed by atoms with Crippen LogP contribution in [0.3, 0.4) is 0 Å². The average Bonchev–Trinajstić information content (AvgIpc) is 2.75. The van der Waals surface area contributed by atoms with E-state index in [0.717, 1.165) is 0 Å². The maximum Gasteiger partial charge on any atom is 0.231 e. The van der Waals surface area contributed by atoms with E-state index in [9.17, 15) is 4.79 Å². The second-order valence-electron chi connectivity index (χ2n) is 3.15. The third-order valence-corrected chi connectivity index (χ3v) is 2.03. The summed E-state index contributed by atoms with van der Waals surface area (Å²) >= 11 is 0. The van der Waals surface area contributed by atoms with Crippen LogP contribution in [-0.2, 0) is 7.05 Å². The average molecular weight is 218 g/mol. The lowest BCUT2D eigenvalue weighted by Crippen LogP contribution is -2.06. The number of methoxy groups -OCH3 is 1. The predicted molar refractivity (Wildman–Crippen MR) is 55.2 cm³/mol. The third kappa shape index (κ3) is 1.90. The lowest BCUT2D eigenvalue weighted by atomic mass is 10.2. The first-order chi connectivity index (χ1) is 7.70. The highest BCUT2D eigenvalue weighted by molar-refractivity contribution is 6.06. The first-order valence-corrected chi connectivity index (χ1v) is 4.61. The summed E-state index contributed by atoms with van der Waals surface area (Å²) in [7, 11) is 3.23. The Labute approximate surface area is 91.9 Å². The minimum absolute atomic E-state index is 0.249. The summed E-state index contributed by atoms with van der Waals surface area (Å²) in [5.74, 6) is 0.107. The van der Waals surface area contributed by atoms with Crippen LogP contribution in [0, 0.1) is 0 Å². The molecule has 0 spiro atoms. The molecule has 2 aromatic rings. The molecule has 6 heteroatoms. The smallest absolute Gasteiger partial charge is 0.231 e. The van der Waals surface area contributed by atoms with Crippen LogP contribution < -0.4 is 4.74 Å². The van der Waals surface area contributed by atoms with E-state index in [1.165, 1.54) is 19.5 Å². The Morgan fingerprint density at radius 2 is 2.19 bits per heavy atom. The fraction of sp³-hybridized carbons (Fsp3) is 0.200. The third-order valence-electron chi connectivity index (χ3n) is 2.03. The van der Waals surface area contributed by atoms with Crippen LogP contribution >= 0.6 is 0 Å². The molecule has 16 heavy (non-hydrogen) atoms. The fourth-order valence-corrected chi connectivity index (χ4v) is 1.24. The van der Waals surface area contributed by atoms with Gasteiger partial charge < -0.3 is 4.74 Å². The topological polar surface area (TPSA) is 69.9 Å². The van der Waals surface area contributed by atoms with Crippen LogP contribution in [0.5, 0.6) is 5.88 Å². The van der Waals surface area contributed by atoms with Crippen LogP contribution in [0.25, 0.3) is 0 Å². The molecule has 2 aromatic heterocycles. The lowest BCUT2D eigenvalue weighted by Gasteiger charge is -1.99. The van der Waals surface area contributed by atoms with Crippen molar-refractivity contribution in [1.29, 1.82) is 0 Å². The zero-order valence-corrected chi connectivity index (χ0v) is 8.91. The van der Waals surface area contributed by atoms with Gasteiger partial charge in [0.05, 0.1) is 7.11 Å². The van der Waals surface area contributed by atoms with Gasteiger partial charge in [-0.15, -0.1) is 0 Å². The summed E-state index contributed by atoms with van der Waals surface area (Å²) in [4.78, 5) is 19.6. The van der Waals surface area contributed by atoms with Crippen molar-refractivity contribution < 1.29 is 9.53 Å². The van der Waals surface area contributed by atoms with Crippen LogP contribution in [0.1, 0.15) is 16.2 Å². The zero-order valence-electron chi connectivity index (χ0n) is 8.91. The molecule has 0 saturated heterocycles. The Bertz CT molecular complexity index is 521. The number of hydrogen-bond donors (Lipinski definition) is 0. The highest BCUT2D eigenvalue weighted by Gasteiger charge is 2.14. The van der Waals surface area contributed by atoms with E-state index in [0.29, 0.717) is 11.6 Å². The molecule has 0 bridgehead atoms. The normalized spacial score (nSPS) is 10.1. The van der Waals surface area contributed by atoms with E-state index >= 15 is 0 Å². The van der Waals surface area contributed by atoms with Crippen LogP contribution in [0.4, 0.5) is 0 Å². The van der Waals surface area contributed by atoms with Crippen molar-refractivity contribution in [2.24, 2.45) is 7.05 Å². The van der Waals surface area contributed by atoms with Crippen LogP contribution in [0.2, 0.25) is 0 Å². The minimum Gasteiger partial charge on any atom is -0.481 e. The number of aromatic nitrogens is 4. The summed E-state index contributed by atoms with van der Waals surface area (Å²) in [6, 6.07) is 3.12. The number of ketones is 1. The Kier molecular flexibility index (Phi) is 2.63. The van der Waals surface area contributed by atoms with Gasteiger partial charge in [-0.05, 0) is 6.07 Å². The van der Waals surface area contributed by atoms with Gasteiger partial charge in [0.25, 0.3) is 0 Å². The predicted octanol–water partition coefficient (Wildman–Crippen LogP) is 0.450. The molecule has 0 N–H and O–H groups in total. The first kappa shape index (κ1) is 10.3. The van der Waals surface area contributed by atoms with Crippen molar-refractivity contribution in [2.45, 2.75) is 0 Å². The lowest BCUT2D eigenvalue weighted by molar-refractivity contribution is 0.102. The molecule has 0 aliphatic heterocycles. The monoisotopic (exact) mass is 218 g/mol.